The van der Waals surface area contributed by atoms with E-state index in [1.165, 1.54) is 12.8 Å². The largest absolute Gasteiger partial charge is 0.351 e. The van der Waals surface area contributed by atoms with Gasteiger partial charge >= 0.3 is 0 Å². The minimum atomic E-state index is -0.0646. The number of piperidine rings is 1. The van der Waals surface area contributed by atoms with E-state index in [1.807, 2.05) is 0 Å². The summed E-state index contributed by atoms with van der Waals surface area (Å²) in [5, 5.41) is 6.49. The number of halogens is 1. The van der Waals surface area contributed by atoms with Crippen LogP contribution < -0.4 is 10.6 Å². The highest BCUT2D eigenvalue weighted by Gasteiger charge is 2.24. The molecule has 2 N–H and O–H groups in total. The van der Waals surface area contributed by atoms with Gasteiger partial charge in [-0.25, -0.2) is 0 Å². The maximum absolute atomic E-state index is 11.9. The maximum atomic E-state index is 11.9. The van der Waals surface area contributed by atoms with Gasteiger partial charge in [0.25, 0.3) is 0 Å². The van der Waals surface area contributed by atoms with Crippen molar-refractivity contribution in [1.29, 1.82) is 0 Å². The maximum Gasteiger partial charge on any atom is 0.220 e. The number of carbonyl (C=O) groups excluding carboxylic acids is 1. The Hall–Kier alpha value is -0.280. The van der Waals surface area contributed by atoms with Gasteiger partial charge in [0.15, 0.2) is 0 Å². The standard InChI is InChI=1S/C14H28N2O.ClH/c1-5-14(3,4)16-13(17)10-11(2)12-6-8-15-9-7-12;/h11-12,15H,5-10H2,1-4H3,(H,16,17);1H. The Labute approximate surface area is 118 Å². The van der Waals surface area contributed by atoms with E-state index in [0.29, 0.717) is 18.3 Å². The van der Waals surface area contributed by atoms with Crippen molar-refractivity contribution in [1.82, 2.24) is 10.6 Å². The average Bonchev–Trinajstić information content (AvgIpc) is 2.29. The molecule has 3 nitrogen and oxygen atoms in total. The molecule has 1 rings (SSSR count). The van der Waals surface area contributed by atoms with E-state index < -0.39 is 0 Å². The summed E-state index contributed by atoms with van der Waals surface area (Å²) in [6, 6.07) is 0. The molecule has 1 atom stereocenters. The van der Waals surface area contributed by atoms with Crippen LogP contribution in [0.15, 0.2) is 0 Å². The molecule has 4 heteroatoms. The van der Waals surface area contributed by atoms with Gasteiger partial charge in [-0.05, 0) is 58.0 Å². The molecule has 0 bridgehead atoms. The van der Waals surface area contributed by atoms with E-state index in [-0.39, 0.29) is 23.9 Å². The van der Waals surface area contributed by atoms with Gasteiger partial charge in [-0.15, -0.1) is 12.4 Å². The topological polar surface area (TPSA) is 41.1 Å². The van der Waals surface area contributed by atoms with Crippen molar-refractivity contribution in [3.63, 3.8) is 0 Å². The van der Waals surface area contributed by atoms with Gasteiger partial charge in [-0.1, -0.05) is 13.8 Å². The lowest BCUT2D eigenvalue weighted by atomic mass is 9.84. The molecule has 0 aromatic rings. The molecule has 1 saturated heterocycles. The zero-order chi connectivity index (χ0) is 12.9. The first kappa shape index (κ1) is 17.7. The first-order valence-corrected chi connectivity index (χ1v) is 6.96. The Morgan fingerprint density at radius 3 is 2.44 bits per heavy atom. The van der Waals surface area contributed by atoms with Crippen LogP contribution in [0.1, 0.15) is 53.4 Å². The van der Waals surface area contributed by atoms with Crippen LogP contribution in [-0.2, 0) is 4.79 Å². The van der Waals surface area contributed by atoms with Crippen LogP contribution in [0.4, 0.5) is 0 Å². The summed E-state index contributed by atoms with van der Waals surface area (Å²) >= 11 is 0. The summed E-state index contributed by atoms with van der Waals surface area (Å²) < 4.78 is 0. The van der Waals surface area contributed by atoms with E-state index >= 15 is 0 Å². The molecule has 108 valence electrons. The third kappa shape index (κ3) is 6.05. The minimum absolute atomic E-state index is 0. The molecule has 1 fully saturated rings. The van der Waals surface area contributed by atoms with Gasteiger partial charge < -0.3 is 10.6 Å². The molecule has 0 saturated carbocycles. The van der Waals surface area contributed by atoms with Gasteiger partial charge in [0.2, 0.25) is 5.91 Å². The monoisotopic (exact) mass is 276 g/mol. The number of carbonyl (C=O) groups is 1. The van der Waals surface area contributed by atoms with E-state index in [9.17, 15) is 4.79 Å². The normalized spacial score (nSPS) is 18.9. The fraction of sp³-hybridized carbons (Fsp3) is 0.929. The molecule has 1 unspecified atom stereocenters. The van der Waals surface area contributed by atoms with Gasteiger partial charge in [0.05, 0.1) is 0 Å². The van der Waals surface area contributed by atoms with Crippen LogP contribution >= 0.6 is 12.4 Å². The molecule has 0 aliphatic carbocycles. The molecule has 0 radical (unpaired) electrons. The number of hydrogen-bond donors (Lipinski definition) is 2. The lowest BCUT2D eigenvalue weighted by molar-refractivity contribution is -0.124. The third-order valence-electron chi connectivity index (χ3n) is 4.06. The summed E-state index contributed by atoms with van der Waals surface area (Å²) in [6.07, 6.45) is 4.08. The second-order valence-electron chi connectivity index (χ2n) is 6.05. The van der Waals surface area contributed by atoms with E-state index in [0.717, 1.165) is 19.5 Å². The summed E-state index contributed by atoms with van der Waals surface area (Å²) in [6.45, 7) is 10.7. The lowest BCUT2D eigenvalue weighted by Gasteiger charge is -2.30. The fourth-order valence-corrected chi connectivity index (χ4v) is 2.39. The summed E-state index contributed by atoms with van der Waals surface area (Å²) in [5.41, 5.74) is -0.0646. The molecule has 0 aromatic carbocycles. The van der Waals surface area contributed by atoms with Crippen molar-refractivity contribution in [2.75, 3.05) is 13.1 Å². The molecule has 0 spiro atoms. The second-order valence-corrected chi connectivity index (χ2v) is 6.05. The molecule has 0 aromatic heterocycles. The molecular formula is C14H29ClN2O. The fourth-order valence-electron chi connectivity index (χ4n) is 2.39. The van der Waals surface area contributed by atoms with Crippen molar-refractivity contribution in [3.05, 3.63) is 0 Å². The summed E-state index contributed by atoms with van der Waals surface area (Å²) in [5.74, 6) is 1.43. The van der Waals surface area contributed by atoms with Crippen LogP contribution in [-0.4, -0.2) is 24.5 Å². The Bertz CT molecular complexity index is 250. The molecule has 1 heterocycles. The second kappa shape index (κ2) is 8.00. The predicted octanol–water partition coefficient (Wildman–Crippen LogP) is 2.74. The number of rotatable bonds is 5. The Kier molecular flexibility index (Phi) is 7.88. The Balaban J connectivity index is 0.00000289. The van der Waals surface area contributed by atoms with Crippen LogP contribution in [0, 0.1) is 11.8 Å². The SMILES string of the molecule is CCC(C)(C)NC(=O)CC(C)C1CCNCC1.Cl. The van der Waals surface area contributed by atoms with E-state index in [4.69, 9.17) is 0 Å². The quantitative estimate of drug-likeness (QED) is 0.811. The van der Waals surface area contributed by atoms with Gasteiger partial charge in [0.1, 0.15) is 0 Å². The molecule has 18 heavy (non-hydrogen) atoms. The van der Waals surface area contributed by atoms with Gasteiger partial charge in [-0.3, -0.25) is 4.79 Å². The minimum Gasteiger partial charge on any atom is -0.351 e. The number of amides is 1. The summed E-state index contributed by atoms with van der Waals surface area (Å²) in [7, 11) is 0. The highest BCUT2D eigenvalue weighted by molar-refractivity contribution is 5.85. The van der Waals surface area contributed by atoms with Crippen LogP contribution in [0.25, 0.3) is 0 Å². The van der Waals surface area contributed by atoms with Crippen LogP contribution in [0.2, 0.25) is 0 Å². The van der Waals surface area contributed by atoms with Gasteiger partial charge in [-0.2, -0.15) is 0 Å². The zero-order valence-corrected chi connectivity index (χ0v) is 13.0. The predicted molar refractivity (Wildman–Crippen MR) is 79.1 cm³/mol. The Morgan fingerprint density at radius 1 is 1.39 bits per heavy atom. The number of hydrogen-bond acceptors (Lipinski definition) is 2. The average molecular weight is 277 g/mol. The highest BCUT2D eigenvalue weighted by Crippen LogP contribution is 2.24. The zero-order valence-electron chi connectivity index (χ0n) is 12.2. The Morgan fingerprint density at radius 2 is 1.94 bits per heavy atom. The first-order chi connectivity index (χ1) is 7.94. The summed E-state index contributed by atoms with van der Waals surface area (Å²) in [4.78, 5) is 11.9. The third-order valence-corrected chi connectivity index (χ3v) is 4.06. The van der Waals surface area contributed by atoms with Crippen LogP contribution in [0.3, 0.4) is 0 Å². The smallest absolute Gasteiger partial charge is 0.220 e. The molecule has 1 amide bonds. The van der Waals surface area contributed by atoms with E-state index in [1.54, 1.807) is 0 Å². The molecule has 1 aliphatic heterocycles. The van der Waals surface area contributed by atoms with Crippen molar-refractivity contribution in [3.8, 4) is 0 Å². The lowest BCUT2D eigenvalue weighted by Crippen LogP contribution is -2.44. The first-order valence-electron chi connectivity index (χ1n) is 6.96. The van der Waals surface area contributed by atoms with Gasteiger partial charge in [0, 0.05) is 12.0 Å². The number of nitrogens with one attached hydrogen (secondary N) is 2. The van der Waals surface area contributed by atoms with Crippen molar-refractivity contribution < 1.29 is 4.79 Å². The van der Waals surface area contributed by atoms with Crippen molar-refractivity contribution in [2.24, 2.45) is 11.8 Å². The highest BCUT2D eigenvalue weighted by atomic mass is 35.5. The van der Waals surface area contributed by atoms with Crippen molar-refractivity contribution in [2.45, 2.75) is 58.9 Å². The molecule has 1 aliphatic rings. The van der Waals surface area contributed by atoms with Crippen LogP contribution in [0.5, 0.6) is 0 Å². The van der Waals surface area contributed by atoms with E-state index in [2.05, 4.69) is 38.3 Å². The molecular weight excluding hydrogens is 248 g/mol. The van der Waals surface area contributed by atoms with Crippen molar-refractivity contribution >= 4 is 18.3 Å².